The lowest BCUT2D eigenvalue weighted by Gasteiger charge is -2.15. The summed E-state index contributed by atoms with van der Waals surface area (Å²) >= 11 is 1.81. The highest BCUT2D eigenvalue weighted by Crippen LogP contribution is 2.26. The van der Waals surface area contributed by atoms with Gasteiger partial charge in [-0.1, -0.05) is 30.3 Å². The van der Waals surface area contributed by atoms with Crippen molar-refractivity contribution in [1.82, 2.24) is 5.32 Å². The summed E-state index contributed by atoms with van der Waals surface area (Å²) in [6.45, 7) is 3.06. The minimum Gasteiger partial charge on any atom is -0.497 e. The van der Waals surface area contributed by atoms with E-state index in [0.717, 1.165) is 12.3 Å². The highest BCUT2D eigenvalue weighted by Gasteiger charge is 2.08. The highest BCUT2D eigenvalue weighted by molar-refractivity contribution is 7.17. The van der Waals surface area contributed by atoms with Crippen molar-refractivity contribution in [3.8, 4) is 5.75 Å². The fourth-order valence-electron chi connectivity index (χ4n) is 2.46. The van der Waals surface area contributed by atoms with Crippen molar-refractivity contribution in [2.24, 2.45) is 0 Å². The number of rotatable bonds is 5. The first kappa shape index (κ1) is 14.1. The number of fused-ring (bicyclic) bond motifs is 1. The van der Waals surface area contributed by atoms with E-state index in [1.54, 1.807) is 7.11 Å². The standard InChI is InChI=1S/C18H19NOS/c1-13(14-6-5-7-16(10-14)20-2)19-11-15-12-21-18-9-4-3-8-17(15)18/h3-10,12-13,19H,11H2,1-2H3/t13-/m0/s1. The molecule has 0 spiro atoms. The zero-order chi connectivity index (χ0) is 14.7. The Labute approximate surface area is 129 Å². The van der Waals surface area contributed by atoms with Crippen molar-refractivity contribution in [2.45, 2.75) is 19.5 Å². The second kappa shape index (κ2) is 6.29. The molecule has 1 aromatic heterocycles. The summed E-state index contributed by atoms with van der Waals surface area (Å²) in [6, 6.07) is 17.1. The molecule has 2 nitrogen and oxygen atoms in total. The van der Waals surface area contributed by atoms with Gasteiger partial charge in [0.25, 0.3) is 0 Å². The van der Waals surface area contributed by atoms with Gasteiger partial charge < -0.3 is 10.1 Å². The molecule has 0 aliphatic rings. The number of nitrogens with one attached hydrogen (secondary N) is 1. The van der Waals surface area contributed by atoms with Crippen molar-refractivity contribution < 1.29 is 4.74 Å². The van der Waals surface area contributed by atoms with Crippen LogP contribution < -0.4 is 10.1 Å². The van der Waals surface area contributed by atoms with E-state index < -0.39 is 0 Å². The second-order valence-electron chi connectivity index (χ2n) is 5.14. The van der Waals surface area contributed by atoms with Gasteiger partial charge in [-0.05, 0) is 47.0 Å². The summed E-state index contributed by atoms with van der Waals surface area (Å²) in [5.41, 5.74) is 2.61. The Balaban J connectivity index is 1.72. The molecule has 0 aliphatic heterocycles. The molecule has 0 radical (unpaired) electrons. The van der Waals surface area contributed by atoms with Crippen LogP contribution in [0.15, 0.2) is 53.9 Å². The van der Waals surface area contributed by atoms with E-state index >= 15 is 0 Å². The molecule has 1 N–H and O–H groups in total. The molecule has 1 heterocycles. The predicted octanol–water partition coefficient (Wildman–Crippen LogP) is 4.76. The Morgan fingerprint density at radius 1 is 1.14 bits per heavy atom. The monoisotopic (exact) mass is 297 g/mol. The second-order valence-corrected chi connectivity index (χ2v) is 6.05. The molecule has 0 unspecified atom stereocenters. The summed E-state index contributed by atoms with van der Waals surface area (Å²) in [4.78, 5) is 0. The van der Waals surface area contributed by atoms with Crippen LogP contribution in [0.3, 0.4) is 0 Å². The first-order valence-electron chi connectivity index (χ1n) is 7.10. The Kier molecular flexibility index (Phi) is 4.23. The summed E-state index contributed by atoms with van der Waals surface area (Å²) in [6.07, 6.45) is 0. The number of hydrogen-bond donors (Lipinski definition) is 1. The van der Waals surface area contributed by atoms with Crippen molar-refractivity contribution >= 4 is 21.4 Å². The minimum atomic E-state index is 0.291. The third-order valence-electron chi connectivity index (χ3n) is 3.75. The van der Waals surface area contributed by atoms with Gasteiger partial charge in [0.2, 0.25) is 0 Å². The van der Waals surface area contributed by atoms with Gasteiger partial charge in [-0.15, -0.1) is 11.3 Å². The van der Waals surface area contributed by atoms with E-state index in [1.807, 2.05) is 23.5 Å². The van der Waals surface area contributed by atoms with E-state index in [-0.39, 0.29) is 0 Å². The number of thiophene rings is 1. The average molecular weight is 297 g/mol. The SMILES string of the molecule is COc1cccc([C@H](C)NCc2csc3ccccc23)c1. The van der Waals surface area contributed by atoms with E-state index in [9.17, 15) is 0 Å². The van der Waals surface area contributed by atoms with E-state index in [2.05, 4.69) is 54.0 Å². The number of methoxy groups -OCH3 is 1. The van der Waals surface area contributed by atoms with Gasteiger partial charge in [-0.3, -0.25) is 0 Å². The molecule has 2 aromatic carbocycles. The molecule has 0 saturated heterocycles. The van der Waals surface area contributed by atoms with Gasteiger partial charge in [-0.2, -0.15) is 0 Å². The highest BCUT2D eigenvalue weighted by atomic mass is 32.1. The van der Waals surface area contributed by atoms with Crippen LogP contribution in [0.2, 0.25) is 0 Å². The molecular formula is C18H19NOS. The Hall–Kier alpha value is -1.84. The number of benzene rings is 2. The lowest BCUT2D eigenvalue weighted by molar-refractivity contribution is 0.413. The van der Waals surface area contributed by atoms with Crippen molar-refractivity contribution in [3.05, 3.63) is 65.0 Å². The molecule has 0 fully saturated rings. The quantitative estimate of drug-likeness (QED) is 0.733. The third-order valence-corrected chi connectivity index (χ3v) is 4.77. The molecule has 21 heavy (non-hydrogen) atoms. The van der Waals surface area contributed by atoms with Crippen molar-refractivity contribution in [2.75, 3.05) is 7.11 Å². The topological polar surface area (TPSA) is 21.3 Å². The molecule has 0 saturated carbocycles. The fraction of sp³-hybridized carbons (Fsp3) is 0.222. The summed E-state index contributed by atoms with van der Waals surface area (Å²) in [7, 11) is 1.70. The van der Waals surface area contributed by atoms with Crippen molar-refractivity contribution in [1.29, 1.82) is 0 Å². The van der Waals surface area contributed by atoms with Crippen LogP contribution in [0.25, 0.3) is 10.1 Å². The van der Waals surface area contributed by atoms with E-state index in [0.29, 0.717) is 6.04 Å². The number of ether oxygens (including phenoxy) is 1. The third kappa shape index (κ3) is 3.09. The molecule has 3 aromatic rings. The van der Waals surface area contributed by atoms with Gasteiger partial charge in [0.1, 0.15) is 5.75 Å². The van der Waals surface area contributed by atoms with Crippen LogP contribution in [0, 0.1) is 0 Å². The largest absolute Gasteiger partial charge is 0.497 e. The van der Waals surface area contributed by atoms with Gasteiger partial charge in [0.15, 0.2) is 0 Å². The molecule has 3 rings (SSSR count). The van der Waals surface area contributed by atoms with Gasteiger partial charge in [-0.25, -0.2) is 0 Å². The van der Waals surface area contributed by atoms with Gasteiger partial charge in [0.05, 0.1) is 7.11 Å². The Morgan fingerprint density at radius 2 is 2.00 bits per heavy atom. The van der Waals surface area contributed by atoms with Crippen LogP contribution in [-0.2, 0) is 6.54 Å². The summed E-state index contributed by atoms with van der Waals surface area (Å²) in [5.74, 6) is 0.905. The predicted molar refractivity (Wildman–Crippen MR) is 90.1 cm³/mol. The smallest absolute Gasteiger partial charge is 0.119 e. The summed E-state index contributed by atoms with van der Waals surface area (Å²) < 4.78 is 6.64. The Bertz CT molecular complexity index is 735. The lowest BCUT2D eigenvalue weighted by Crippen LogP contribution is -2.17. The molecule has 0 amide bonds. The van der Waals surface area contributed by atoms with E-state index in [1.165, 1.54) is 21.2 Å². The van der Waals surface area contributed by atoms with Crippen LogP contribution in [0.1, 0.15) is 24.1 Å². The van der Waals surface area contributed by atoms with Crippen LogP contribution in [-0.4, -0.2) is 7.11 Å². The van der Waals surface area contributed by atoms with Crippen LogP contribution in [0.4, 0.5) is 0 Å². The Morgan fingerprint density at radius 3 is 2.86 bits per heavy atom. The van der Waals surface area contributed by atoms with Crippen LogP contribution >= 0.6 is 11.3 Å². The molecule has 3 heteroatoms. The molecule has 0 aliphatic carbocycles. The average Bonchev–Trinajstić information content (AvgIpc) is 2.96. The van der Waals surface area contributed by atoms with Gasteiger partial charge in [0, 0.05) is 17.3 Å². The molecule has 108 valence electrons. The zero-order valence-corrected chi connectivity index (χ0v) is 13.1. The maximum atomic E-state index is 5.29. The maximum absolute atomic E-state index is 5.29. The van der Waals surface area contributed by atoms with Crippen molar-refractivity contribution in [3.63, 3.8) is 0 Å². The molecular weight excluding hydrogens is 278 g/mol. The van der Waals surface area contributed by atoms with Crippen LogP contribution in [0.5, 0.6) is 5.75 Å². The minimum absolute atomic E-state index is 0.291. The first-order chi connectivity index (χ1) is 10.3. The molecule has 0 bridgehead atoms. The maximum Gasteiger partial charge on any atom is 0.119 e. The summed E-state index contributed by atoms with van der Waals surface area (Å²) in [5, 5.41) is 7.20. The number of hydrogen-bond acceptors (Lipinski definition) is 3. The lowest BCUT2D eigenvalue weighted by atomic mass is 10.1. The fourth-order valence-corrected chi connectivity index (χ4v) is 3.42. The molecule has 1 atom stereocenters. The first-order valence-corrected chi connectivity index (χ1v) is 7.98. The van der Waals surface area contributed by atoms with Gasteiger partial charge >= 0.3 is 0 Å². The normalized spacial score (nSPS) is 12.5. The van der Waals surface area contributed by atoms with E-state index in [4.69, 9.17) is 4.74 Å². The zero-order valence-electron chi connectivity index (χ0n) is 12.3.